The van der Waals surface area contributed by atoms with Crippen molar-refractivity contribution in [2.75, 3.05) is 6.54 Å². The van der Waals surface area contributed by atoms with Gasteiger partial charge in [-0.15, -0.1) is 0 Å². The van der Waals surface area contributed by atoms with Crippen LogP contribution in [0.1, 0.15) is 64.7 Å². The van der Waals surface area contributed by atoms with Gasteiger partial charge in [0.25, 0.3) is 0 Å². The molecule has 5 nitrogen and oxygen atoms in total. The summed E-state index contributed by atoms with van der Waals surface area (Å²) in [4.78, 5) is 15.1. The first-order valence-corrected chi connectivity index (χ1v) is 7.95. The zero-order valence-electron chi connectivity index (χ0n) is 12.5. The summed E-state index contributed by atoms with van der Waals surface area (Å²) in [6, 6.07) is 0.328. The second kappa shape index (κ2) is 6.46. The molecule has 1 saturated heterocycles. The van der Waals surface area contributed by atoms with Crippen molar-refractivity contribution >= 4 is 11.7 Å². The average molecular weight is 281 g/mol. The molecule has 1 atom stereocenters. The van der Waals surface area contributed by atoms with Crippen molar-refractivity contribution in [3.8, 4) is 0 Å². The molecule has 1 aliphatic heterocycles. The molecule has 1 amide bonds. The highest BCUT2D eigenvalue weighted by atomic mass is 16.4. The minimum atomic E-state index is -0.761. The van der Waals surface area contributed by atoms with Crippen molar-refractivity contribution in [2.24, 2.45) is 16.3 Å². The molecule has 0 spiro atoms. The lowest BCUT2D eigenvalue weighted by molar-refractivity contribution is -0.140. The van der Waals surface area contributed by atoms with E-state index in [4.69, 9.17) is 10.9 Å². The second-order valence-corrected chi connectivity index (χ2v) is 6.18. The maximum absolute atomic E-state index is 13.1. The summed E-state index contributed by atoms with van der Waals surface area (Å²) >= 11 is 0. The Morgan fingerprint density at radius 3 is 2.50 bits per heavy atom. The number of hydrogen-bond acceptors (Lipinski definition) is 3. The maximum Gasteiger partial charge on any atom is 0.236 e. The van der Waals surface area contributed by atoms with E-state index in [1.807, 2.05) is 4.90 Å². The Hall–Kier alpha value is -1.26. The van der Waals surface area contributed by atoms with Crippen LogP contribution in [0, 0.1) is 5.41 Å². The zero-order valence-corrected chi connectivity index (χ0v) is 12.5. The van der Waals surface area contributed by atoms with Crippen LogP contribution in [0.2, 0.25) is 0 Å². The van der Waals surface area contributed by atoms with Crippen LogP contribution in [-0.4, -0.2) is 34.4 Å². The van der Waals surface area contributed by atoms with Crippen LogP contribution < -0.4 is 5.73 Å². The van der Waals surface area contributed by atoms with Gasteiger partial charge in [0, 0.05) is 12.6 Å². The first-order valence-electron chi connectivity index (χ1n) is 7.95. The molecular weight excluding hydrogens is 254 g/mol. The standard InChI is InChI=1S/C15H27N3O2/c1-2-12-8-7-11-18(12)14(19)15(13(16)17-20)9-5-3-4-6-10-15/h12,20H,2-11H2,1H3,(H2,16,17). The smallest absolute Gasteiger partial charge is 0.236 e. The Labute approximate surface area is 121 Å². The summed E-state index contributed by atoms with van der Waals surface area (Å²) in [5, 5.41) is 12.4. The summed E-state index contributed by atoms with van der Waals surface area (Å²) in [5.74, 6) is 0.213. The Morgan fingerprint density at radius 1 is 1.30 bits per heavy atom. The normalized spacial score (nSPS) is 27.4. The van der Waals surface area contributed by atoms with E-state index < -0.39 is 5.41 Å². The molecule has 5 heteroatoms. The number of oxime groups is 1. The van der Waals surface area contributed by atoms with Crippen molar-refractivity contribution in [3.05, 3.63) is 0 Å². The minimum Gasteiger partial charge on any atom is -0.409 e. The van der Waals surface area contributed by atoms with Gasteiger partial charge in [-0.3, -0.25) is 4.79 Å². The van der Waals surface area contributed by atoms with Crippen molar-refractivity contribution < 1.29 is 10.0 Å². The van der Waals surface area contributed by atoms with Crippen LogP contribution in [0.15, 0.2) is 5.16 Å². The summed E-state index contributed by atoms with van der Waals surface area (Å²) in [6.45, 7) is 2.94. The Balaban J connectivity index is 2.28. The fourth-order valence-corrected chi connectivity index (χ4v) is 3.81. The molecule has 0 bridgehead atoms. The molecule has 0 aromatic rings. The van der Waals surface area contributed by atoms with Crippen LogP contribution in [0.4, 0.5) is 0 Å². The number of nitrogens with zero attached hydrogens (tertiary/aromatic N) is 2. The van der Waals surface area contributed by atoms with E-state index in [2.05, 4.69) is 12.1 Å². The Bertz CT molecular complexity index is 373. The number of rotatable bonds is 3. The van der Waals surface area contributed by atoms with E-state index in [1.54, 1.807) is 0 Å². The fraction of sp³-hybridized carbons (Fsp3) is 0.867. The molecule has 20 heavy (non-hydrogen) atoms. The third-order valence-corrected chi connectivity index (χ3v) is 5.07. The molecule has 2 fully saturated rings. The number of hydrogen-bond donors (Lipinski definition) is 2. The van der Waals surface area contributed by atoms with Crippen LogP contribution in [-0.2, 0) is 4.79 Å². The number of nitrogens with two attached hydrogens (primary N) is 1. The summed E-state index contributed by atoms with van der Waals surface area (Å²) in [7, 11) is 0. The van der Waals surface area contributed by atoms with Crippen LogP contribution >= 0.6 is 0 Å². The Kier molecular flexibility index (Phi) is 4.89. The molecule has 3 N–H and O–H groups in total. The van der Waals surface area contributed by atoms with E-state index in [1.165, 1.54) is 0 Å². The molecule has 1 saturated carbocycles. The molecule has 0 aromatic heterocycles. The lowest BCUT2D eigenvalue weighted by atomic mass is 9.77. The quantitative estimate of drug-likeness (QED) is 0.274. The van der Waals surface area contributed by atoms with E-state index in [9.17, 15) is 4.79 Å². The number of likely N-dealkylation sites (tertiary alicyclic amines) is 1. The van der Waals surface area contributed by atoms with Crippen molar-refractivity contribution in [2.45, 2.75) is 70.8 Å². The summed E-state index contributed by atoms with van der Waals surface area (Å²) in [6.07, 6.45) is 8.78. The van der Waals surface area contributed by atoms with E-state index >= 15 is 0 Å². The SMILES string of the molecule is CCC1CCCN1C(=O)C1(C(N)=NO)CCCCCC1. The predicted octanol–water partition coefficient (Wildman–Crippen LogP) is 2.47. The van der Waals surface area contributed by atoms with E-state index in [0.29, 0.717) is 18.9 Å². The maximum atomic E-state index is 13.1. The molecule has 0 radical (unpaired) electrons. The average Bonchev–Trinajstić information content (AvgIpc) is 2.81. The Morgan fingerprint density at radius 2 is 1.95 bits per heavy atom. The van der Waals surface area contributed by atoms with Crippen LogP contribution in [0.3, 0.4) is 0 Å². The number of amides is 1. The summed E-state index contributed by atoms with van der Waals surface area (Å²) in [5.41, 5.74) is 5.20. The monoisotopic (exact) mass is 281 g/mol. The molecule has 2 aliphatic rings. The highest BCUT2D eigenvalue weighted by Gasteiger charge is 2.47. The molecule has 114 valence electrons. The third kappa shape index (κ3) is 2.63. The van der Waals surface area contributed by atoms with Gasteiger partial charge in [-0.1, -0.05) is 37.8 Å². The highest BCUT2D eigenvalue weighted by Crippen LogP contribution is 2.39. The lowest BCUT2D eigenvalue weighted by Gasteiger charge is -2.36. The van der Waals surface area contributed by atoms with Gasteiger partial charge in [0.15, 0.2) is 5.84 Å². The fourth-order valence-electron chi connectivity index (χ4n) is 3.81. The van der Waals surface area contributed by atoms with Gasteiger partial charge in [-0.2, -0.15) is 0 Å². The molecule has 0 aromatic carbocycles. The van der Waals surface area contributed by atoms with Gasteiger partial charge in [0.2, 0.25) is 5.91 Å². The molecule has 1 heterocycles. The number of carbonyl (C=O) groups excluding carboxylic acids is 1. The van der Waals surface area contributed by atoms with Gasteiger partial charge >= 0.3 is 0 Å². The summed E-state index contributed by atoms with van der Waals surface area (Å²) < 4.78 is 0. The van der Waals surface area contributed by atoms with E-state index in [-0.39, 0.29) is 11.7 Å². The highest BCUT2D eigenvalue weighted by molar-refractivity contribution is 6.06. The predicted molar refractivity (Wildman–Crippen MR) is 78.6 cm³/mol. The third-order valence-electron chi connectivity index (χ3n) is 5.07. The number of amidine groups is 1. The van der Waals surface area contributed by atoms with Gasteiger partial charge in [-0.25, -0.2) is 0 Å². The van der Waals surface area contributed by atoms with Gasteiger partial charge in [0.05, 0.1) is 0 Å². The minimum absolute atomic E-state index is 0.0963. The zero-order chi connectivity index (χ0) is 14.6. The first kappa shape index (κ1) is 15.1. The van der Waals surface area contributed by atoms with Crippen LogP contribution in [0.5, 0.6) is 0 Å². The number of carbonyl (C=O) groups is 1. The molecule has 1 aliphatic carbocycles. The van der Waals surface area contributed by atoms with Crippen molar-refractivity contribution in [3.63, 3.8) is 0 Å². The van der Waals surface area contributed by atoms with Gasteiger partial charge in [-0.05, 0) is 32.1 Å². The lowest BCUT2D eigenvalue weighted by Crippen LogP contribution is -2.52. The van der Waals surface area contributed by atoms with Gasteiger partial charge in [0.1, 0.15) is 5.41 Å². The van der Waals surface area contributed by atoms with E-state index in [0.717, 1.165) is 51.5 Å². The largest absolute Gasteiger partial charge is 0.409 e. The molecule has 2 rings (SSSR count). The van der Waals surface area contributed by atoms with Crippen molar-refractivity contribution in [1.29, 1.82) is 0 Å². The first-order chi connectivity index (χ1) is 9.65. The van der Waals surface area contributed by atoms with Crippen molar-refractivity contribution in [1.82, 2.24) is 4.90 Å². The topological polar surface area (TPSA) is 78.9 Å². The van der Waals surface area contributed by atoms with Gasteiger partial charge < -0.3 is 15.8 Å². The molecular formula is C15H27N3O2. The second-order valence-electron chi connectivity index (χ2n) is 6.18. The molecule has 1 unspecified atom stereocenters. The van der Waals surface area contributed by atoms with Crippen LogP contribution in [0.25, 0.3) is 0 Å².